The third-order valence-corrected chi connectivity index (χ3v) is 2.58. The fourth-order valence-corrected chi connectivity index (χ4v) is 1.74. The molecule has 0 spiro atoms. The van der Waals surface area contributed by atoms with Crippen LogP contribution >= 0.6 is 0 Å². The maximum atomic E-state index is 5.61. The Balaban J connectivity index is 2.79. The number of ether oxygens (including phenoxy) is 2. The molecule has 0 bridgehead atoms. The fraction of sp³-hybridized carbons (Fsp3) is 0.750. The van der Waals surface area contributed by atoms with E-state index in [4.69, 9.17) is 9.47 Å². The van der Waals surface area contributed by atoms with Crippen LogP contribution in [-0.2, 0) is 16.0 Å². The molecule has 1 unspecified atom stereocenters. The summed E-state index contributed by atoms with van der Waals surface area (Å²) in [4.78, 5) is 0. The van der Waals surface area contributed by atoms with Gasteiger partial charge in [-0.15, -0.1) is 0 Å². The van der Waals surface area contributed by atoms with Gasteiger partial charge in [-0.2, -0.15) is 5.10 Å². The van der Waals surface area contributed by atoms with Gasteiger partial charge < -0.3 is 14.8 Å². The number of rotatable bonds is 8. The molecule has 0 aliphatic rings. The first-order valence-electron chi connectivity index (χ1n) is 6.19. The first kappa shape index (κ1) is 14.2. The van der Waals surface area contributed by atoms with Crippen molar-refractivity contribution in [2.24, 2.45) is 0 Å². The third kappa shape index (κ3) is 3.80. The van der Waals surface area contributed by atoms with Gasteiger partial charge in [-0.25, -0.2) is 0 Å². The first-order chi connectivity index (χ1) is 8.26. The van der Waals surface area contributed by atoms with E-state index in [1.54, 1.807) is 0 Å². The lowest BCUT2D eigenvalue weighted by Crippen LogP contribution is -2.33. The van der Waals surface area contributed by atoms with Crippen molar-refractivity contribution in [3.63, 3.8) is 0 Å². The van der Waals surface area contributed by atoms with Gasteiger partial charge in [0, 0.05) is 31.5 Å². The molecular formula is C12H23N3O2. The van der Waals surface area contributed by atoms with Crippen LogP contribution in [-0.4, -0.2) is 36.3 Å². The second-order valence-electron chi connectivity index (χ2n) is 3.67. The molecule has 98 valence electrons. The average Bonchev–Trinajstić information content (AvgIpc) is 2.79. The Bertz CT molecular complexity index is 308. The van der Waals surface area contributed by atoms with Crippen LogP contribution in [0.3, 0.4) is 0 Å². The van der Waals surface area contributed by atoms with E-state index >= 15 is 0 Å². The maximum Gasteiger partial charge on any atom is 0.176 e. The van der Waals surface area contributed by atoms with Crippen molar-refractivity contribution < 1.29 is 9.47 Å². The molecule has 0 aliphatic heterocycles. The van der Waals surface area contributed by atoms with Crippen molar-refractivity contribution in [2.75, 3.05) is 20.3 Å². The number of nitrogens with zero attached hydrogens (tertiary/aromatic N) is 2. The van der Waals surface area contributed by atoms with Gasteiger partial charge in [-0.3, -0.25) is 4.68 Å². The summed E-state index contributed by atoms with van der Waals surface area (Å²) in [5.74, 6) is 0. The zero-order valence-corrected chi connectivity index (χ0v) is 11.1. The highest BCUT2D eigenvalue weighted by molar-refractivity contribution is 5.11. The van der Waals surface area contributed by atoms with E-state index in [0.29, 0.717) is 13.2 Å². The largest absolute Gasteiger partial charge is 0.351 e. The summed E-state index contributed by atoms with van der Waals surface area (Å²) in [6.45, 7) is 8.12. The number of aromatic nitrogens is 2. The van der Waals surface area contributed by atoms with Crippen molar-refractivity contribution in [3.05, 3.63) is 18.0 Å². The predicted molar refractivity (Wildman–Crippen MR) is 66.7 cm³/mol. The minimum atomic E-state index is -0.274. The first-order valence-corrected chi connectivity index (χ1v) is 6.19. The molecule has 0 saturated heterocycles. The van der Waals surface area contributed by atoms with Crippen molar-refractivity contribution in [1.82, 2.24) is 15.1 Å². The molecule has 1 aromatic heterocycles. The second-order valence-corrected chi connectivity index (χ2v) is 3.67. The van der Waals surface area contributed by atoms with Crippen LogP contribution in [0.2, 0.25) is 0 Å². The maximum absolute atomic E-state index is 5.61. The number of hydrogen-bond acceptors (Lipinski definition) is 4. The standard InChI is InChI=1S/C12H23N3O2/c1-5-15-9-10(8-14-15)11(13-4)12(16-6-2)17-7-3/h8-9,11-13H,5-7H2,1-4H3. The normalized spacial score (nSPS) is 13.2. The minimum Gasteiger partial charge on any atom is -0.351 e. The highest BCUT2D eigenvalue weighted by Gasteiger charge is 2.23. The molecule has 0 aromatic carbocycles. The average molecular weight is 241 g/mol. The number of nitrogens with one attached hydrogen (secondary N) is 1. The Morgan fingerprint density at radius 3 is 2.35 bits per heavy atom. The van der Waals surface area contributed by atoms with Crippen molar-refractivity contribution >= 4 is 0 Å². The summed E-state index contributed by atoms with van der Waals surface area (Å²) < 4.78 is 13.1. The molecule has 1 heterocycles. The quantitative estimate of drug-likeness (QED) is 0.702. The Morgan fingerprint density at radius 2 is 1.94 bits per heavy atom. The molecule has 0 fully saturated rings. The van der Waals surface area contributed by atoms with Crippen molar-refractivity contribution in [2.45, 2.75) is 39.6 Å². The zero-order valence-electron chi connectivity index (χ0n) is 11.1. The van der Waals surface area contributed by atoms with Gasteiger partial charge >= 0.3 is 0 Å². The molecule has 1 rings (SSSR count). The highest BCUT2D eigenvalue weighted by atomic mass is 16.7. The number of likely N-dealkylation sites (N-methyl/N-ethyl adjacent to an activating group) is 1. The molecule has 5 heteroatoms. The lowest BCUT2D eigenvalue weighted by molar-refractivity contribution is -0.154. The summed E-state index contributed by atoms with van der Waals surface area (Å²) in [6.07, 6.45) is 3.60. The van der Waals surface area contributed by atoms with Gasteiger partial charge in [0.25, 0.3) is 0 Å². The number of aryl methyl sites for hydroxylation is 1. The fourth-order valence-electron chi connectivity index (χ4n) is 1.74. The predicted octanol–water partition coefficient (Wildman–Crippen LogP) is 1.56. The molecule has 0 aliphatic carbocycles. The Morgan fingerprint density at radius 1 is 1.29 bits per heavy atom. The summed E-state index contributed by atoms with van der Waals surface area (Å²) in [6, 6.07) is 0.00944. The zero-order chi connectivity index (χ0) is 12.7. The summed E-state index contributed by atoms with van der Waals surface area (Å²) in [5.41, 5.74) is 1.08. The van der Waals surface area contributed by atoms with E-state index in [9.17, 15) is 0 Å². The Hall–Kier alpha value is -0.910. The molecular weight excluding hydrogens is 218 g/mol. The van der Waals surface area contributed by atoms with Crippen LogP contribution in [0.25, 0.3) is 0 Å². The van der Waals surface area contributed by atoms with Crippen LogP contribution in [0.1, 0.15) is 32.4 Å². The van der Waals surface area contributed by atoms with E-state index < -0.39 is 0 Å². The summed E-state index contributed by atoms with van der Waals surface area (Å²) >= 11 is 0. The van der Waals surface area contributed by atoms with Gasteiger partial charge in [-0.05, 0) is 27.8 Å². The topological polar surface area (TPSA) is 48.3 Å². The van der Waals surface area contributed by atoms with E-state index in [1.807, 2.05) is 38.0 Å². The molecule has 0 amide bonds. The van der Waals surface area contributed by atoms with Crippen molar-refractivity contribution in [3.8, 4) is 0 Å². The lowest BCUT2D eigenvalue weighted by Gasteiger charge is -2.25. The van der Waals surface area contributed by atoms with Crippen LogP contribution in [0.4, 0.5) is 0 Å². The van der Waals surface area contributed by atoms with Gasteiger partial charge in [0.2, 0.25) is 0 Å². The minimum absolute atomic E-state index is 0.00944. The Labute approximate surface area is 103 Å². The highest BCUT2D eigenvalue weighted by Crippen LogP contribution is 2.19. The second kappa shape index (κ2) is 7.42. The smallest absolute Gasteiger partial charge is 0.176 e. The monoisotopic (exact) mass is 241 g/mol. The number of hydrogen-bond donors (Lipinski definition) is 1. The summed E-state index contributed by atoms with van der Waals surface area (Å²) in [7, 11) is 1.90. The van der Waals surface area contributed by atoms with Crippen LogP contribution < -0.4 is 5.32 Å². The van der Waals surface area contributed by atoms with Gasteiger partial charge in [-0.1, -0.05) is 0 Å². The molecule has 0 radical (unpaired) electrons. The molecule has 1 N–H and O–H groups in total. The lowest BCUT2D eigenvalue weighted by atomic mass is 10.1. The van der Waals surface area contributed by atoms with Crippen LogP contribution in [0, 0.1) is 0 Å². The SMILES string of the molecule is CCOC(OCC)C(NC)c1cnn(CC)c1. The molecule has 0 saturated carbocycles. The van der Waals surface area contributed by atoms with E-state index in [-0.39, 0.29) is 12.3 Å². The molecule has 1 atom stereocenters. The van der Waals surface area contributed by atoms with Gasteiger partial charge in [0.1, 0.15) is 0 Å². The third-order valence-electron chi connectivity index (χ3n) is 2.58. The van der Waals surface area contributed by atoms with E-state index in [0.717, 1.165) is 12.1 Å². The molecule has 17 heavy (non-hydrogen) atoms. The van der Waals surface area contributed by atoms with Gasteiger partial charge in [0.15, 0.2) is 6.29 Å². The van der Waals surface area contributed by atoms with Crippen LogP contribution in [0.5, 0.6) is 0 Å². The molecule has 5 nitrogen and oxygen atoms in total. The van der Waals surface area contributed by atoms with Crippen molar-refractivity contribution in [1.29, 1.82) is 0 Å². The summed E-state index contributed by atoms with van der Waals surface area (Å²) in [5, 5.41) is 7.49. The van der Waals surface area contributed by atoms with Gasteiger partial charge in [0.05, 0.1) is 12.2 Å². The molecule has 1 aromatic rings. The van der Waals surface area contributed by atoms with E-state index in [2.05, 4.69) is 17.3 Å². The van der Waals surface area contributed by atoms with E-state index in [1.165, 1.54) is 0 Å². The van der Waals surface area contributed by atoms with Crippen LogP contribution in [0.15, 0.2) is 12.4 Å². The Kier molecular flexibility index (Phi) is 6.18.